The van der Waals surface area contributed by atoms with Gasteiger partial charge in [-0.3, -0.25) is 5.32 Å². The summed E-state index contributed by atoms with van der Waals surface area (Å²) in [7, 11) is 1.52. The molecule has 0 saturated heterocycles. The number of hydrogen-bond acceptors (Lipinski definition) is 4. The first-order valence-electron chi connectivity index (χ1n) is 5.40. The fourth-order valence-electron chi connectivity index (χ4n) is 1.24. The second kappa shape index (κ2) is 6.24. The molecule has 2 amide bonds. The fraction of sp³-hybridized carbons (Fsp3) is 0.455. The maximum atomic E-state index is 11.7. The van der Waals surface area contributed by atoms with Crippen molar-refractivity contribution in [2.75, 3.05) is 19.0 Å². The standard InChI is InChI=1S/C11H16N2O3S/c1-4-7-6-8(10(14)16-5-2)9(17-7)13-11(15)12-3/h6H,4-5H2,1-3H3,(H2,12,13,15). The summed E-state index contributed by atoms with van der Waals surface area (Å²) >= 11 is 1.38. The Labute approximate surface area is 104 Å². The maximum Gasteiger partial charge on any atom is 0.341 e. The Kier molecular flexibility index (Phi) is 4.96. The van der Waals surface area contributed by atoms with Crippen LogP contribution in [0.5, 0.6) is 0 Å². The Balaban J connectivity index is 2.96. The van der Waals surface area contributed by atoms with Crippen LogP contribution in [0.15, 0.2) is 6.07 Å². The number of thiophene rings is 1. The normalized spacial score (nSPS) is 9.82. The highest BCUT2D eigenvalue weighted by Crippen LogP contribution is 2.29. The van der Waals surface area contributed by atoms with Crippen LogP contribution in [0.25, 0.3) is 0 Å². The van der Waals surface area contributed by atoms with E-state index in [-0.39, 0.29) is 6.03 Å². The molecule has 5 nitrogen and oxygen atoms in total. The second-order valence-electron chi connectivity index (χ2n) is 3.23. The van der Waals surface area contributed by atoms with Gasteiger partial charge in [0.15, 0.2) is 0 Å². The van der Waals surface area contributed by atoms with E-state index in [9.17, 15) is 9.59 Å². The van der Waals surface area contributed by atoms with Crippen molar-refractivity contribution in [3.63, 3.8) is 0 Å². The van der Waals surface area contributed by atoms with Crippen molar-refractivity contribution >= 4 is 28.3 Å². The third-order valence-corrected chi connectivity index (χ3v) is 3.28. The highest BCUT2D eigenvalue weighted by molar-refractivity contribution is 7.16. The second-order valence-corrected chi connectivity index (χ2v) is 4.37. The minimum absolute atomic E-state index is 0.315. The van der Waals surface area contributed by atoms with E-state index in [1.54, 1.807) is 13.0 Å². The molecule has 0 aliphatic rings. The summed E-state index contributed by atoms with van der Waals surface area (Å²) in [5, 5.41) is 5.59. The zero-order valence-electron chi connectivity index (χ0n) is 10.1. The van der Waals surface area contributed by atoms with E-state index in [0.717, 1.165) is 11.3 Å². The Morgan fingerprint density at radius 1 is 1.41 bits per heavy atom. The molecule has 0 bridgehead atoms. The maximum absolute atomic E-state index is 11.7. The lowest BCUT2D eigenvalue weighted by Gasteiger charge is -2.04. The van der Waals surface area contributed by atoms with E-state index in [1.807, 2.05) is 6.92 Å². The van der Waals surface area contributed by atoms with E-state index in [2.05, 4.69) is 10.6 Å². The first kappa shape index (κ1) is 13.5. The van der Waals surface area contributed by atoms with Crippen LogP contribution in [-0.2, 0) is 11.2 Å². The smallest absolute Gasteiger partial charge is 0.341 e. The van der Waals surface area contributed by atoms with E-state index >= 15 is 0 Å². The summed E-state index contributed by atoms with van der Waals surface area (Å²) in [5.41, 5.74) is 0.414. The van der Waals surface area contributed by atoms with Gasteiger partial charge >= 0.3 is 12.0 Å². The first-order valence-corrected chi connectivity index (χ1v) is 6.22. The monoisotopic (exact) mass is 256 g/mol. The number of ether oxygens (including phenoxy) is 1. The van der Waals surface area contributed by atoms with Crippen molar-refractivity contribution in [2.24, 2.45) is 0 Å². The number of carbonyl (C=O) groups is 2. The van der Waals surface area contributed by atoms with E-state index in [1.165, 1.54) is 18.4 Å². The summed E-state index contributed by atoms with van der Waals surface area (Å²) in [6.07, 6.45) is 0.812. The minimum atomic E-state index is -0.408. The number of rotatable bonds is 4. The van der Waals surface area contributed by atoms with Crippen molar-refractivity contribution in [3.05, 3.63) is 16.5 Å². The van der Waals surface area contributed by atoms with Gasteiger partial charge in [-0.25, -0.2) is 9.59 Å². The molecule has 1 rings (SSSR count). The number of nitrogens with one attached hydrogen (secondary N) is 2. The van der Waals surface area contributed by atoms with E-state index in [4.69, 9.17) is 4.74 Å². The molecule has 1 heterocycles. The Morgan fingerprint density at radius 3 is 2.65 bits per heavy atom. The van der Waals surface area contributed by atoms with Crippen LogP contribution in [0.1, 0.15) is 29.1 Å². The summed E-state index contributed by atoms with van der Waals surface area (Å²) in [6.45, 7) is 4.05. The van der Waals surface area contributed by atoms with Gasteiger partial charge in [0.25, 0.3) is 0 Å². The number of amides is 2. The molecule has 0 saturated carbocycles. The minimum Gasteiger partial charge on any atom is -0.462 e. The van der Waals surface area contributed by atoms with Crippen molar-refractivity contribution in [3.8, 4) is 0 Å². The molecule has 0 spiro atoms. The zero-order valence-corrected chi connectivity index (χ0v) is 10.9. The molecular weight excluding hydrogens is 240 g/mol. The third kappa shape index (κ3) is 3.45. The molecule has 0 aromatic carbocycles. The summed E-state index contributed by atoms with van der Waals surface area (Å²) in [4.78, 5) is 23.9. The average Bonchev–Trinajstić information content (AvgIpc) is 2.72. The highest BCUT2D eigenvalue weighted by atomic mass is 32.1. The summed E-state index contributed by atoms with van der Waals surface area (Å²) in [5.74, 6) is -0.408. The number of anilines is 1. The molecule has 0 aliphatic heterocycles. The predicted octanol–water partition coefficient (Wildman–Crippen LogP) is 2.24. The molecule has 2 N–H and O–H groups in total. The largest absolute Gasteiger partial charge is 0.462 e. The molecule has 6 heteroatoms. The Bertz CT molecular complexity index is 415. The lowest BCUT2D eigenvalue weighted by molar-refractivity contribution is 0.0528. The number of hydrogen-bond donors (Lipinski definition) is 2. The van der Waals surface area contributed by atoms with Crippen LogP contribution in [-0.4, -0.2) is 25.7 Å². The van der Waals surface area contributed by atoms with Gasteiger partial charge in [-0.15, -0.1) is 11.3 Å². The molecule has 0 radical (unpaired) electrons. The van der Waals surface area contributed by atoms with Gasteiger partial charge in [0, 0.05) is 11.9 Å². The lowest BCUT2D eigenvalue weighted by atomic mass is 10.2. The van der Waals surface area contributed by atoms with Crippen LogP contribution < -0.4 is 10.6 Å². The van der Waals surface area contributed by atoms with Crippen LogP contribution in [0.4, 0.5) is 9.80 Å². The molecule has 0 atom stereocenters. The SMILES string of the molecule is CCOC(=O)c1cc(CC)sc1NC(=O)NC. The third-order valence-electron chi connectivity index (χ3n) is 2.08. The van der Waals surface area contributed by atoms with E-state index in [0.29, 0.717) is 17.2 Å². The zero-order chi connectivity index (χ0) is 12.8. The fourth-order valence-corrected chi connectivity index (χ4v) is 2.21. The van der Waals surface area contributed by atoms with Crippen molar-refractivity contribution in [1.82, 2.24) is 5.32 Å². The Morgan fingerprint density at radius 2 is 2.12 bits per heavy atom. The summed E-state index contributed by atoms with van der Waals surface area (Å²) in [6, 6.07) is 1.41. The van der Waals surface area contributed by atoms with Gasteiger partial charge in [-0.05, 0) is 19.4 Å². The number of urea groups is 1. The molecular formula is C11H16N2O3S. The van der Waals surface area contributed by atoms with Gasteiger partial charge in [0.1, 0.15) is 5.00 Å². The predicted molar refractivity (Wildman–Crippen MR) is 67.7 cm³/mol. The first-order chi connectivity index (χ1) is 8.12. The topological polar surface area (TPSA) is 67.4 Å². The number of aryl methyl sites for hydroxylation is 1. The van der Waals surface area contributed by atoms with Gasteiger partial charge < -0.3 is 10.1 Å². The van der Waals surface area contributed by atoms with Crippen LogP contribution in [0, 0.1) is 0 Å². The van der Waals surface area contributed by atoms with Crippen LogP contribution >= 0.6 is 11.3 Å². The van der Waals surface area contributed by atoms with Crippen molar-refractivity contribution in [2.45, 2.75) is 20.3 Å². The van der Waals surface area contributed by atoms with Gasteiger partial charge in [-0.2, -0.15) is 0 Å². The molecule has 94 valence electrons. The van der Waals surface area contributed by atoms with Crippen LogP contribution in [0.2, 0.25) is 0 Å². The Hall–Kier alpha value is -1.56. The number of carbonyl (C=O) groups excluding carboxylic acids is 2. The number of esters is 1. The lowest BCUT2D eigenvalue weighted by Crippen LogP contribution is -2.24. The van der Waals surface area contributed by atoms with Crippen molar-refractivity contribution < 1.29 is 14.3 Å². The van der Waals surface area contributed by atoms with Gasteiger partial charge in [-0.1, -0.05) is 6.92 Å². The molecule has 1 aromatic rings. The van der Waals surface area contributed by atoms with Crippen LogP contribution in [0.3, 0.4) is 0 Å². The molecule has 17 heavy (non-hydrogen) atoms. The average molecular weight is 256 g/mol. The van der Waals surface area contributed by atoms with E-state index < -0.39 is 5.97 Å². The van der Waals surface area contributed by atoms with Gasteiger partial charge in [0.2, 0.25) is 0 Å². The highest BCUT2D eigenvalue weighted by Gasteiger charge is 2.17. The van der Waals surface area contributed by atoms with Gasteiger partial charge in [0.05, 0.1) is 12.2 Å². The van der Waals surface area contributed by atoms with Crippen molar-refractivity contribution in [1.29, 1.82) is 0 Å². The summed E-state index contributed by atoms with van der Waals surface area (Å²) < 4.78 is 4.94. The molecule has 0 unspecified atom stereocenters. The molecule has 0 fully saturated rings. The quantitative estimate of drug-likeness (QED) is 0.812. The molecule has 0 aliphatic carbocycles. The molecule has 1 aromatic heterocycles.